The number of hydrogen-bond acceptors (Lipinski definition) is 3. The number of hydrogen-bond donors (Lipinski definition) is 1. The Morgan fingerprint density at radius 3 is 2.11 bits per heavy atom. The Morgan fingerprint density at radius 1 is 1.56 bits per heavy atom. The molecule has 1 N–H and O–H groups in total. The molecule has 1 aliphatic heterocycles. The molecule has 1 rings (SSSR count). The Bertz CT molecular complexity index is 192. The highest BCUT2D eigenvalue weighted by molar-refractivity contribution is 7.92. The van der Waals surface area contributed by atoms with Gasteiger partial charge in [0.15, 0.2) is 9.84 Å². The van der Waals surface area contributed by atoms with Gasteiger partial charge in [0.25, 0.3) is 0 Å². The van der Waals surface area contributed by atoms with Crippen molar-refractivity contribution in [3.8, 4) is 0 Å². The second-order valence-corrected chi connectivity index (χ2v) is 4.75. The third kappa shape index (κ3) is 1.24. The largest absolute Gasteiger partial charge is 0.396 e. The first-order chi connectivity index (χ1) is 3.97. The molecule has 9 heavy (non-hydrogen) atoms. The summed E-state index contributed by atoms with van der Waals surface area (Å²) >= 11 is 0. The van der Waals surface area contributed by atoms with Gasteiger partial charge in [-0.15, -0.1) is 0 Å². The quantitative estimate of drug-likeness (QED) is 0.532. The maximum absolute atomic E-state index is 10.5. The van der Waals surface area contributed by atoms with E-state index in [1.165, 1.54) is 0 Å². The average Bonchev–Trinajstić information content (AvgIpc) is 1.61. The van der Waals surface area contributed by atoms with Crippen molar-refractivity contribution in [2.24, 2.45) is 5.41 Å². The van der Waals surface area contributed by atoms with Gasteiger partial charge in [-0.25, -0.2) is 8.42 Å². The van der Waals surface area contributed by atoms with Crippen molar-refractivity contribution < 1.29 is 13.5 Å². The molecule has 0 amide bonds. The Hall–Kier alpha value is -0.0900. The van der Waals surface area contributed by atoms with Crippen LogP contribution in [0.1, 0.15) is 0 Å². The molecule has 0 atom stereocenters. The number of aliphatic hydroxyl groups is 1. The molecule has 4 heteroatoms. The molecule has 53 valence electrons. The summed E-state index contributed by atoms with van der Waals surface area (Å²) in [7, 11) is -2.82. The summed E-state index contributed by atoms with van der Waals surface area (Å²) in [5, 5.41) is 8.55. The lowest BCUT2D eigenvalue weighted by atomic mass is 9.97. The molecular formula is C5H9O3S. The minimum absolute atomic E-state index is 0.0382. The Balaban J connectivity index is 2.61. The molecule has 3 nitrogen and oxygen atoms in total. The van der Waals surface area contributed by atoms with Crippen LogP contribution < -0.4 is 0 Å². The molecule has 0 aromatic carbocycles. The monoisotopic (exact) mass is 149 g/mol. The zero-order valence-electron chi connectivity index (χ0n) is 5.00. The predicted molar refractivity (Wildman–Crippen MR) is 33.5 cm³/mol. The van der Waals surface area contributed by atoms with Gasteiger partial charge in [0.1, 0.15) is 0 Å². The van der Waals surface area contributed by atoms with Crippen molar-refractivity contribution in [2.75, 3.05) is 18.1 Å². The van der Waals surface area contributed by atoms with Crippen molar-refractivity contribution in [3.63, 3.8) is 0 Å². The van der Waals surface area contributed by atoms with E-state index < -0.39 is 15.3 Å². The summed E-state index contributed by atoms with van der Waals surface area (Å²) in [6.45, 7) is 3.43. The van der Waals surface area contributed by atoms with E-state index >= 15 is 0 Å². The standard InChI is InChI=1S/C5H9O3S/c1-5(2-6)3-9(7,8)4-5/h6H,1-4H2. The van der Waals surface area contributed by atoms with Crippen LogP contribution in [0, 0.1) is 12.3 Å². The molecule has 1 aliphatic rings. The van der Waals surface area contributed by atoms with Crippen LogP contribution in [0.15, 0.2) is 0 Å². The summed E-state index contributed by atoms with van der Waals surface area (Å²) in [6.07, 6.45) is 0. The van der Waals surface area contributed by atoms with Crippen LogP contribution >= 0.6 is 0 Å². The second kappa shape index (κ2) is 1.70. The topological polar surface area (TPSA) is 54.4 Å². The molecular weight excluding hydrogens is 140 g/mol. The van der Waals surface area contributed by atoms with Crippen molar-refractivity contribution in [2.45, 2.75) is 0 Å². The lowest BCUT2D eigenvalue weighted by molar-refractivity contribution is 0.189. The van der Waals surface area contributed by atoms with Gasteiger partial charge in [0, 0.05) is 5.41 Å². The van der Waals surface area contributed by atoms with Gasteiger partial charge in [-0.3, -0.25) is 0 Å². The fraction of sp³-hybridized carbons (Fsp3) is 0.800. The van der Waals surface area contributed by atoms with E-state index in [0.717, 1.165) is 0 Å². The first-order valence-electron chi connectivity index (χ1n) is 2.64. The molecule has 0 unspecified atom stereocenters. The third-order valence-corrected chi connectivity index (χ3v) is 3.49. The van der Waals surface area contributed by atoms with Gasteiger partial charge in [-0.05, 0) is 6.92 Å². The molecule has 0 aliphatic carbocycles. The Labute approximate surface area is 54.6 Å². The second-order valence-electron chi connectivity index (χ2n) is 2.69. The lowest BCUT2D eigenvalue weighted by Crippen LogP contribution is -2.48. The van der Waals surface area contributed by atoms with E-state index in [1.807, 2.05) is 0 Å². The first-order valence-corrected chi connectivity index (χ1v) is 4.46. The van der Waals surface area contributed by atoms with Crippen LogP contribution in [-0.4, -0.2) is 31.6 Å². The normalized spacial score (nSPS) is 29.1. The Kier molecular flexibility index (Phi) is 1.33. The summed E-state index contributed by atoms with van der Waals surface area (Å²) in [5.74, 6) is 0.0764. The summed E-state index contributed by atoms with van der Waals surface area (Å²) in [6, 6.07) is 0. The zero-order valence-corrected chi connectivity index (χ0v) is 5.82. The average molecular weight is 149 g/mol. The summed E-state index contributed by atoms with van der Waals surface area (Å²) < 4.78 is 21.0. The van der Waals surface area contributed by atoms with Crippen molar-refractivity contribution in [1.29, 1.82) is 0 Å². The number of sulfone groups is 1. The van der Waals surface area contributed by atoms with Crippen molar-refractivity contribution in [1.82, 2.24) is 0 Å². The molecule has 1 radical (unpaired) electrons. The first kappa shape index (κ1) is 7.02. The van der Waals surface area contributed by atoms with Gasteiger partial charge in [-0.1, -0.05) is 0 Å². The van der Waals surface area contributed by atoms with Crippen LogP contribution in [-0.2, 0) is 9.84 Å². The van der Waals surface area contributed by atoms with Gasteiger partial charge in [-0.2, -0.15) is 0 Å². The van der Waals surface area contributed by atoms with Crippen molar-refractivity contribution >= 4 is 9.84 Å². The van der Waals surface area contributed by atoms with E-state index in [4.69, 9.17) is 5.11 Å². The van der Waals surface area contributed by atoms with E-state index in [9.17, 15) is 8.42 Å². The third-order valence-electron chi connectivity index (χ3n) is 1.39. The maximum Gasteiger partial charge on any atom is 0.151 e. The predicted octanol–water partition coefficient (Wildman–Crippen LogP) is -0.772. The van der Waals surface area contributed by atoms with Gasteiger partial charge in [0.05, 0.1) is 18.1 Å². The molecule has 0 aromatic rings. The molecule has 1 saturated heterocycles. The maximum atomic E-state index is 10.5. The van der Waals surface area contributed by atoms with Crippen LogP contribution in [0.4, 0.5) is 0 Å². The van der Waals surface area contributed by atoms with Crippen LogP contribution in [0.2, 0.25) is 0 Å². The van der Waals surface area contributed by atoms with Gasteiger partial charge in [0.2, 0.25) is 0 Å². The van der Waals surface area contributed by atoms with E-state index in [1.54, 1.807) is 0 Å². The molecule has 0 spiro atoms. The summed E-state index contributed by atoms with van der Waals surface area (Å²) in [5.41, 5.74) is -0.584. The van der Waals surface area contributed by atoms with E-state index in [2.05, 4.69) is 6.92 Å². The zero-order chi connectivity index (χ0) is 7.12. The van der Waals surface area contributed by atoms with Crippen LogP contribution in [0.5, 0.6) is 0 Å². The van der Waals surface area contributed by atoms with Crippen LogP contribution in [0.3, 0.4) is 0 Å². The van der Waals surface area contributed by atoms with E-state index in [-0.39, 0.29) is 18.1 Å². The van der Waals surface area contributed by atoms with Gasteiger partial charge >= 0.3 is 0 Å². The van der Waals surface area contributed by atoms with Crippen molar-refractivity contribution in [3.05, 3.63) is 6.92 Å². The van der Waals surface area contributed by atoms with Crippen LogP contribution in [0.25, 0.3) is 0 Å². The minimum Gasteiger partial charge on any atom is -0.396 e. The fourth-order valence-corrected chi connectivity index (χ4v) is 2.95. The highest BCUT2D eigenvalue weighted by Gasteiger charge is 2.43. The smallest absolute Gasteiger partial charge is 0.151 e. The van der Waals surface area contributed by atoms with E-state index in [0.29, 0.717) is 0 Å². The number of rotatable bonds is 1. The Morgan fingerprint density at radius 2 is 2.00 bits per heavy atom. The number of aliphatic hydroxyl groups excluding tert-OH is 1. The summed E-state index contributed by atoms with van der Waals surface area (Å²) in [4.78, 5) is 0. The lowest BCUT2D eigenvalue weighted by Gasteiger charge is -2.35. The SMILES string of the molecule is [CH2]C1(CO)CS(=O)(=O)C1. The molecule has 0 saturated carbocycles. The molecule has 1 fully saturated rings. The molecule has 0 bridgehead atoms. The molecule has 0 aromatic heterocycles. The molecule has 1 heterocycles. The highest BCUT2D eigenvalue weighted by Crippen LogP contribution is 2.30. The highest BCUT2D eigenvalue weighted by atomic mass is 32.2. The fourth-order valence-electron chi connectivity index (χ4n) is 0.982. The van der Waals surface area contributed by atoms with Gasteiger partial charge < -0.3 is 5.11 Å². The minimum atomic E-state index is -2.82.